The van der Waals surface area contributed by atoms with Crippen LogP contribution in [0.15, 0.2) is 11.8 Å². The Bertz CT molecular complexity index is 138. The van der Waals surface area contributed by atoms with Crippen LogP contribution in [0.3, 0.4) is 0 Å². The molecule has 0 aromatic rings. The Labute approximate surface area is 69.1 Å². The van der Waals surface area contributed by atoms with Crippen LogP contribution in [-0.2, 0) is 0 Å². The van der Waals surface area contributed by atoms with Crippen LogP contribution in [0.1, 0.15) is 45.4 Å². The van der Waals surface area contributed by atoms with Gasteiger partial charge in [-0.05, 0) is 31.3 Å². The SMILES string of the molecule is CCCCC1C=C(O)CCC1. The van der Waals surface area contributed by atoms with Crippen molar-refractivity contribution in [2.45, 2.75) is 45.4 Å². The Morgan fingerprint density at radius 3 is 3.09 bits per heavy atom. The van der Waals surface area contributed by atoms with E-state index in [1.54, 1.807) is 0 Å². The van der Waals surface area contributed by atoms with Gasteiger partial charge in [0.2, 0.25) is 0 Å². The number of unbranched alkanes of at least 4 members (excludes halogenated alkanes) is 1. The molecule has 1 aliphatic rings. The first kappa shape index (κ1) is 8.63. The zero-order chi connectivity index (χ0) is 8.10. The highest BCUT2D eigenvalue weighted by atomic mass is 16.3. The van der Waals surface area contributed by atoms with Gasteiger partial charge in [-0.1, -0.05) is 19.8 Å². The molecule has 11 heavy (non-hydrogen) atoms. The predicted molar refractivity (Wildman–Crippen MR) is 47.6 cm³/mol. The van der Waals surface area contributed by atoms with Gasteiger partial charge in [0.15, 0.2) is 0 Å². The first-order valence-electron chi connectivity index (χ1n) is 4.72. The molecule has 1 heteroatoms. The van der Waals surface area contributed by atoms with Crippen LogP contribution in [0.5, 0.6) is 0 Å². The molecule has 0 saturated carbocycles. The molecule has 1 nitrogen and oxygen atoms in total. The first-order valence-corrected chi connectivity index (χ1v) is 4.72. The average Bonchev–Trinajstić information content (AvgIpc) is 2.01. The summed E-state index contributed by atoms with van der Waals surface area (Å²) in [6.07, 6.45) is 9.25. The molecular weight excluding hydrogens is 136 g/mol. The molecular formula is C10H18O. The minimum absolute atomic E-state index is 0.623. The van der Waals surface area contributed by atoms with E-state index in [9.17, 15) is 5.11 Å². The van der Waals surface area contributed by atoms with Crippen LogP contribution in [0.25, 0.3) is 0 Å². The van der Waals surface area contributed by atoms with E-state index in [-0.39, 0.29) is 0 Å². The van der Waals surface area contributed by atoms with E-state index >= 15 is 0 Å². The topological polar surface area (TPSA) is 20.2 Å². The van der Waals surface area contributed by atoms with Crippen LogP contribution in [0, 0.1) is 5.92 Å². The molecule has 1 unspecified atom stereocenters. The second-order valence-corrected chi connectivity index (χ2v) is 3.45. The lowest BCUT2D eigenvalue weighted by atomic mass is 9.90. The van der Waals surface area contributed by atoms with Gasteiger partial charge in [-0.15, -0.1) is 0 Å². The summed E-state index contributed by atoms with van der Waals surface area (Å²) in [6, 6.07) is 0. The maximum absolute atomic E-state index is 9.24. The lowest BCUT2D eigenvalue weighted by Gasteiger charge is -2.17. The van der Waals surface area contributed by atoms with Gasteiger partial charge in [0.1, 0.15) is 0 Å². The molecule has 0 aromatic carbocycles. The molecule has 1 N–H and O–H groups in total. The van der Waals surface area contributed by atoms with E-state index in [1.807, 2.05) is 0 Å². The van der Waals surface area contributed by atoms with Crippen molar-refractivity contribution in [3.8, 4) is 0 Å². The normalized spacial score (nSPS) is 24.8. The van der Waals surface area contributed by atoms with Gasteiger partial charge in [0.25, 0.3) is 0 Å². The lowest BCUT2D eigenvalue weighted by Crippen LogP contribution is -2.04. The summed E-state index contributed by atoms with van der Waals surface area (Å²) in [4.78, 5) is 0. The minimum atomic E-state index is 0.623. The maximum atomic E-state index is 9.24. The minimum Gasteiger partial charge on any atom is -0.513 e. The highest BCUT2D eigenvalue weighted by Gasteiger charge is 2.11. The first-order chi connectivity index (χ1) is 5.33. The van der Waals surface area contributed by atoms with E-state index in [0.29, 0.717) is 11.7 Å². The fraction of sp³-hybridized carbons (Fsp3) is 0.800. The summed E-state index contributed by atoms with van der Waals surface area (Å²) < 4.78 is 0. The highest BCUT2D eigenvalue weighted by Crippen LogP contribution is 2.25. The summed E-state index contributed by atoms with van der Waals surface area (Å²) in [5, 5.41) is 9.24. The third-order valence-electron chi connectivity index (χ3n) is 2.36. The standard InChI is InChI=1S/C10H18O/c1-2-3-5-9-6-4-7-10(11)8-9/h8-9,11H,2-7H2,1H3. The molecule has 1 rings (SSSR count). The van der Waals surface area contributed by atoms with Gasteiger partial charge in [0.05, 0.1) is 5.76 Å². The van der Waals surface area contributed by atoms with E-state index in [4.69, 9.17) is 0 Å². The number of allylic oxidation sites excluding steroid dienone is 2. The maximum Gasteiger partial charge on any atom is 0.0885 e. The van der Waals surface area contributed by atoms with Crippen molar-refractivity contribution in [2.75, 3.05) is 0 Å². The Balaban J connectivity index is 2.28. The molecule has 64 valence electrons. The van der Waals surface area contributed by atoms with Crippen molar-refractivity contribution < 1.29 is 5.11 Å². The Morgan fingerprint density at radius 2 is 2.45 bits per heavy atom. The van der Waals surface area contributed by atoms with Gasteiger partial charge >= 0.3 is 0 Å². The van der Waals surface area contributed by atoms with Crippen LogP contribution in [-0.4, -0.2) is 5.11 Å². The molecule has 0 radical (unpaired) electrons. The predicted octanol–water partition coefficient (Wildman–Crippen LogP) is 3.42. The van der Waals surface area contributed by atoms with Gasteiger partial charge in [-0.2, -0.15) is 0 Å². The van der Waals surface area contributed by atoms with Crippen LogP contribution in [0.4, 0.5) is 0 Å². The molecule has 0 spiro atoms. The fourth-order valence-electron chi connectivity index (χ4n) is 1.68. The third-order valence-corrected chi connectivity index (χ3v) is 2.36. The number of hydrogen-bond acceptors (Lipinski definition) is 1. The number of hydrogen-bond donors (Lipinski definition) is 1. The summed E-state index contributed by atoms with van der Waals surface area (Å²) in [6.45, 7) is 2.21. The number of aliphatic hydroxyl groups is 1. The summed E-state index contributed by atoms with van der Waals surface area (Å²) in [7, 11) is 0. The van der Waals surface area contributed by atoms with Crippen LogP contribution >= 0.6 is 0 Å². The fourth-order valence-corrected chi connectivity index (χ4v) is 1.68. The van der Waals surface area contributed by atoms with Crippen molar-refractivity contribution in [1.82, 2.24) is 0 Å². The average molecular weight is 154 g/mol. The molecule has 0 aliphatic heterocycles. The largest absolute Gasteiger partial charge is 0.513 e. The molecule has 0 heterocycles. The van der Waals surface area contributed by atoms with Gasteiger partial charge in [-0.25, -0.2) is 0 Å². The second kappa shape index (κ2) is 4.42. The summed E-state index contributed by atoms with van der Waals surface area (Å²) in [5.41, 5.74) is 0. The van der Waals surface area contributed by atoms with Crippen molar-refractivity contribution >= 4 is 0 Å². The smallest absolute Gasteiger partial charge is 0.0885 e. The van der Waals surface area contributed by atoms with Gasteiger partial charge in [0, 0.05) is 6.42 Å². The molecule has 0 bridgehead atoms. The highest BCUT2D eigenvalue weighted by molar-refractivity contribution is 4.99. The quantitative estimate of drug-likeness (QED) is 0.660. The Morgan fingerprint density at radius 1 is 1.64 bits per heavy atom. The van der Waals surface area contributed by atoms with E-state index in [0.717, 1.165) is 6.42 Å². The molecule has 1 aliphatic carbocycles. The molecule has 0 amide bonds. The summed E-state index contributed by atoms with van der Waals surface area (Å²) in [5.74, 6) is 1.29. The van der Waals surface area contributed by atoms with Crippen molar-refractivity contribution in [1.29, 1.82) is 0 Å². The second-order valence-electron chi connectivity index (χ2n) is 3.45. The van der Waals surface area contributed by atoms with Crippen molar-refractivity contribution in [2.24, 2.45) is 5.92 Å². The monoisotopic (exact) mass is 154 g/mol. The van der Waals surface area contributed by atoms with E-state index in [2.05, 4.69) is 13.0 Å². The molecule has 1 atom stereocenters. The molecule has 0 saturated heterocycles. The van der Waals surface area contributed by atoms with Crippen LogP contribution < -0.4 is 0 Å². The molecule has 0 fully saturated rings. The zero-order valence-electron chi connectivity index (χ0n) is 7.34. The Hall–Kier alpha value is -0.460. The number of aliphatic hydroxyl groups excluding tert-OH is 1. The van der Waals surface area contributed by atoms with E-state index in [1.165, 1.54) is 32.1 Å². The third kappa shape index (κ3) is 2.96. The van der Waals surface area contributed by atoms with Gasteiger partial charge < -0.3 is 5.11 Å². The van der Waals surface area contributed by atoms with Gasteiger partial charge in [-0.3, -0.25) is 0 Å². The molecule has 0 aromatic heterocycles. The summed E-state index contributed by atoms with van der Waals surface area (Å²) >= 11 is 0. The van der Waals surface area contributed by atoms with Crippen LogP contribution in [0.2, 0.25) is 0 Å². The lowest BCUT2D eigenvalue weighted by molar-refractivity contribution is 0.340. The van der Waals surface area contributed by atoms with E-state index < -0.39 is 0 Å². The zero-order valence-corrected chi connectivity index (χ0v) is 7.34. The number of rotatable bonds is 3. The van der Waals surface area contributed by atoms with Crippen molar-refractivity contribution in [3.63, 3.8) is 0 Å². The Kier molecular flexibility index (Phi) is 3.47. The van der Waals surface area contributed by atoms with Crippen molar-refractivity contribution in [3.05, 3.63) is 11.8 Å².